The SMILES string of the molecule is CCNC(=NCc1cc(OC)ccc1O)NCc1ccccc1OC. The van der Waals surface area contributed by atoms with E-state index in [1.165, 1.54) is 0 Å². The summed E-state index contributed by atoms with van der Waals surface area (Å²) in [6.07, 6.45) is 0. The van der Waals surface area contributed by atoms with Crippen molar-refractivity contribution in [2.24, 2.45) is 4.99 Å². The van der Waals surface area contributed by atoms with Crippen molar-refractivity contribution in [3.05, 3.63) is 53.6 Å². The molecule has 0 saturated heterocycles. The summed E-state index contributed by atoms with van der Waals surface area (Å²) in [5.41, 5.74) is 1.74. The zero-order valence-electron chi connectivity index (χ0n) is 14.9. The van der Waals surface area contributed by atoms with Crippen molar-refractivity contribution in [2.75, 3.05) is 20.8 Å². The van der Waals surface area contributed by atoms with Gasteiger partial charge in [-0.05, 0) is 31.2 Å². The Morgan fingerprint density at radius 3 is 2.56 bits per heavy atom. The number of aliphatic imine (C=N–C) groups is 1. The molecule has 0 fully saturated rings. The number of para-hydroxylation sites is 1. The van der Waals surface area contributed by atoms with Crippen molar-refractivity contribution in [3.8, 4) is 17.2 Å². The summed E-state index contributed by atoms with van der Waals surface area (Å²) < 4.78 is 10.6. The first-order valence-corrected chi connectivity index (χ1v) is 8.17. The van der Waals surface area contributed by atoms with Gasteiger partial charge in [-0.2, -0.15) is 0 Å². The van der Waals surface area contributed by atoms with E-state index in [4.69, 9.17) is 9.47 Å². The van der Waals surface area contributed by atoms with Crippen molar-refractivity contribution >= 4 is 5.96 Å². The van der Waals surface area contributed by atoms with Crippen molar-refractivity contribution in [1.29, 1.82) is 0 Å². The van der Waals surface area contributed by atoms with Gasteiger partial charge in [0.1, 0.15) is 17.2 Å². The third kappa shape index (κ3) is 5.31. The van der Waals surface area contributed by atoms with E-state index in [-0.39, 0.29) is 5.75 Å². The van der Waals surface area contributed by atoms with Gasteiger partial charge in [-0.3, -0.25) is 0 Å². The maximum atomic E-state index is 9.97. The van der Waals surface area contributed by atoms with Crippen LogP contribution < -0.4 is 20.1 Å². The fourth-order valence-corrected chi connectivity index (χ4v) is 2.35. The van der Waals surface area contributed by atoms with Crippen LogP contribution in [0, 0.1) is 0 Å². The largest absolute Gasteiger partial charge is 0.508 e. The molecule has 0 saturated carbocycles. The van der Waals surface area contributed by atoms with Crippen LogP contribution in [0.15, 0.2) is 47.5 Å². The first-order chi connectivity index (χ1) is 12.2. The number of ether oxygens (including phenoxy) is 2. The fraction of sp³-hybridized carbons (Fsp3) is 0.316. The number of hydrogen-bond donors (Lipinski definition) is 3. The minimum Gasteiger partial charge on any atom is -0.508 e. The molecular formula is C19H25N3O3. The quantitative estimate of drug-likeness (QED) is 0.532. The smallest absolute Gasteiger partial charge is 0.191 e. The van der Waals surface area contributed by atoms with E-state index in [1.807, 2.05) is 31.2 Å². The van der Waals surface area contributed by atoms with E-state index in [2.05, 4.69) is 15.6 Å². The predicted molar refractivity (Wildman–Crippen MR) is 99.3 cm³/mol. The molecule has 2 aromatic rings. The average Bonchev–Trinajstić information content (AvgIpc) is 2.65. The number of nitrogens with one attached hydrogen (secondary N) is 2. The lowest BCUT2D eigenvalue weighted by Gasteiger charge is -2.13. The standard InChI is InChI=1S/C19H25N3O3/c1-4-20-19(21-12-14-7-5-6-8-18(14)25-3)22-13-15-11-16(24-2)9-10-17(15)23/h5-11,23H,4,12-13H2,1-3H3,(H2,20,21,22). The second-order valence-corrected chi connectivity index (χ2v) is 5.36. The van der Waals surface area contributed by atoms with Gasteiger partial charge in [-0.15, -0.1) is 0 Å². The highest BCUT2D eigenvalue weighted by Gasteiger charge is 2.06. The van der Waals surface area contributed by atoms with Crippen molar-refractivity contribution in [3.63, 3.8) is 0 Å². The highest BCUT2D eigenvalue weighted by atomic mass is 16.5. The zero-order chi connectivity index (χ0) is 18.1. The highest BCUT2D eigenvalue weighted by molar-refractivity contribution is 5.79. The first kappa shape index (κ1) is 18.4. The van der Waals surface area contributed by atoms with Gasteiger partial charge in [0.25, 0.3) is 0 Å². The predicted octanol–water partition coefficient (Wildman–Crippen LogP) is 2.66. The lowest BCUT2D eigenvalue weighted by atomic mass is 10.2. The van der Waals surface area contributed by atoms with E-state index < -0.39 is 0 Å². The summed E-state index contributed by atoms with van der Waals surface area (Å²) in [5, 5.41) is 16.4. The highest BCUT2D eigenvalue weighted by Crippen LogP contribution is 2.23. The molecule has 0 amide bonds. The van der Waals surface area contributed by atoms with Crippen molar-refractivity contribution < 1.29 is 14.6 Å². The lowest BCUT2D eigenvalue weighted by Crippen LogP contribution is -2.36. The number of guanidine groups is 1. The Hall–Kier alpha value is -2.89. The number of benzene rings is 2. The monoisotopic (exact) mass is 343 g/mol. The van der Waals surface area contributed by atoms with Crippen LogP contribution in [0.2, 0.25) is 0 Å². The Bertz CT molecular complexity index is 717. The number of phenolic OH excluding ortho intramolecular Hbond substituents is 1. The normalized spacial score (nSPS) is 11.1. The molecule has 2 rings (SSSR count). The molecular weight excluding hydrogens is 318 g/mol. The van der Waals surface area contributed by atoms with Gasteiger partial charge in [-0.25, -0.2) is 4.99 Å². The average molecular weight is 343 g/mol. The molecule has 25 heavy (non-hydrogen) atoms. The van der Waals surface area contributed by atoms with Crippen LogP contribution in [0.25, 0.3) is 0 Å². The summed E-state index contributed by atoms with van der Waals surface area (Å²) in [5.74, 6) is 2.38. The van der Waals surface area contributed by atoms with E-state index in [1.54, 1.807) is 32.4 Å². The molecule has 6 nitrogen and oxygen atoms in total. The summed E-state index contributed by atoms with van der Waals surface area (Å²) in [7, 11) is 3.25. The number of nitrogens with zero attached hydrogens (tertiary/aromatic N) is 1. The summed E-state index contributed by atoms with van der Waals surface area (Å²) in [6, 6.07) is 12.9. The molecule has 2 aromatic carbocycles. The Morgan fingerprint density at radius 1 is 1.04 bits per heavy atom. The first-order valence-electron chi connectivity index (χ1n) is 8.17. The number of aromatic hydroxyl groups is 1. The number of hydrogen-bond acceptors (Lipinski definition) is 4. The van der Waals surface area contributed by atoms with E-state index in [0.29, 0.717) is 30.4 Å². The van der Waals surface area contributed by atoms with Gasteiger partial charge < -0.3 is 25.2 Å². The van der Waals surface area contributed by atoms with E-state index >= 15 is 0 Å². The number of rotatable bonds is 7. The van der Waals surface area contributed by atoms with Crippen LogP contribution in [0.1, 0.15) is 18.1 Å². The van der Waals surface area contributed by atoms with E-state index in [9.17, 15) is 5.11 Å². The molecule has 0 spiro atoms. The van der Waals surface area contributed by atoms with Crippen LogP contribution in [-0.2, 0) is 13.1 Å². The van der Waals surface area contributed by atoms with Gasteiger partial charge >= 0.3 is 0 Å². The van der Waals surface area contributed by atoms with Gasteiger partial charge in [-0.1, -0.05) is 18.2 Å². The molecule has 0 aromatic heterocycles. The second-order valence-electron chi connectivity index (χ2n) is 5.36. The van der Waals surface area contributed by atoms with Crippen LogP contribution in [0.5, 0.6) is 17.2 Å². The second kappa shape index (κ2) is 9.42. The topological polar surface area (TPSA) is 75.1 Å². The minimum atomic E-state index is 0.199. The third-order valence-electron chi connectivity index (χ3n) is 3.68. The molecule has 6 heteroatoms. The molecule has 3 N–H and O–H groups in total. The number of phenols is 1. The molecule has 0 unspecified atom stereocenters. The fourth-order valence-electron chi connectivity index (χ4n) is 2.35. The number of methoxy groups -OCH3 is 2. The molecule has 0 aliphatic carbocycles. The van der Waals surface area contributed by atoms with Gasteiger partial charge in [0.05, 0.1) is 20.8 Å². The molecule has 0 atom stereocenters. The molecule has 0 heterocycles. The zero-order valence-corrected chi connectivity index (χ0v) is 14.9. The molecule has 134 valence electrons. The maximum absolute atomic E-state index is 9.97. The summed E-state index contributed by atoms with van der Waals surface area (Å²) in [4.78, 5) is 4.53. The van der Waals surface area contributed by atoms with Crippen molar-refractivity contribution in [1.82, 2.24) is 10.6 Å². The molecule has 0 aliphatic rings. The Morgan fingerprint density at radius 2 is 1.84 bits per heavy atom. The van der Waals surface area contributed by atoms with Crippen LogP contribution >= 0.6 is 0 Å². The van der Waals surface area contributed by atoms with E-state index in [0.717, 1.165) is 17.9 Å². The maximum Gasteiger partial charge on any atom is 0.191 e. The Kier molecular flexibility index (Phi) is 6.95. The van der Waals surface area contributed by atoms with Gasteiger partial charge in [0.15, 0.2) is 5.96 Å². The summed E-state index contributed by atoms with van der Waals surface area (Å²) >= 11 is 0. The van der Waals surface area contributed by atoms with Gasteiger partial charge in [0.2, 0.25) is 0 Å². The molecule has 0 bridgehead atoms. The van der Waals surface area contributed by atoms with Crippen LogP contribution in [0.4, 0.5) is 0 Å². The molecule has 0 aliphatic heterocycles. The minimum absolute atomic E-state index is 0.199. The van der Waals surface area contributed by atoms with Crippen LogP contribution in [-0.4, -0.2) is 31.8 Å². The Balaban J connectivity index is 2.08. The van der Waals surface area contributed by atoms with Crippen molar-refractivity contribution in [2.45, 2.75) is 20.0 Å². The summed E-state index contributed by atoms with van der Waals surface area (Å²) in [6.45, 7) is 3.66. The molecule has 0 radical (unpaired) electrons. The lowest BCUT2D eigenvalue weighted by molar-refractivity contribution is 0.409. The third-order valence-corrected chi connectivity index (χ3v) is 3.68. The van der Waals surface area contributed by atoms with Gasteiger partial charge in [0, 0.05) is 24.2 Å². The Labute approximate surface area is 148 Å². The van der Waals surface area contributed by atoms with Crippen LogP contribution in [0.3, 0.4) is 0 Å².